The fraction of sp³-hybridized carbons (Fsp3) is 0.250. The fourth-order valence-corrected chi connectivity index (χ4v) is 0.110. The summed E-state index contributed by atoms with van der Waals surface area (Å²) in [5, 5.41) is 3.32. The second-order valence-electron chi connectivity index (χ2n) is 0.956. The van der Waals surface area contributed by atoms with Gasteiger partial charge in [-0.25, -0.2) is 0 Å². The van der Waals surface area contributed by atoms with Crippen molar-refractivity contribution in [2.45, 2.75) is 6.92 Å². The molecule has 2 radical (unpaired) electrons. The predicted octanol–water partition coefficient (Wildman–Crippen LogP) is 1.000. The minimum Gasteiger partial charge on any atom is -0.572 e. The fourth-order valence-electron chi connectivity index (χ4n) is 0.110. The van der Waals surface area contributed by atoms with Crippen molar-refractivity contribution < 1.29 is 56.1 Å². The first-order valence-electron chi connectivity index (χ1n) is 1.55. The Hall–Kier alpha value is 1.03. The summed E-state index contributed by atoms with van der Waals surface area (Å²) in [6, 6.07) is 0. The van der Waals surface area contributed by atoms with Gasteiger partial charge in [0.05, 0.1) is 0 Å². The minimum absolute atomic E-state index is 0. The van der Waals surface area contributed by atoms with Crippen LogP contribution < -0.4 is 0 Å². The van der Waals surface area contributed by atoms with Gasteiger partial charge in [0.1, 0.15) is 0 Å². The smallest absolute Gasteiger partial charge is 0 e. The van der Waals surface area contributed by atoms with Crippen molar-refractivity contribution >= 4 is 5.71 Å². The van der Waals surface area contributed by atoms with Gasteiger partial charge in [-0.15, -0.1) is 7.11 Å². The molecule has 0 heterocycles. The molecular weight excluding hydrogens is 218 g/mol. The summed E-state index contributed by atoms with van der Waals surface area (Å²) in [5.41, 5.74) is 0.630. The molecule has 0 aromatic heterocycles. The molecule has 0 aliphatic carbocycles. The molecule has 0 saturated carbocycles. The molecular formula is C4H7NOVY-2. The molecule has 0 aliphatic heterocycles. The third kappa shape index (κ3) is 15.7. The largest absolute Gasteiger partial charge is 0.572 e. The van der Waals surface area contributed by atoms with Crippen molar-refractivity contribution in [3.05, 3.63) is 14.0 Å². The van der Waals surface area contributed by atoms with E-state index in [-0.39, 0.29) is 51.3 Å². The van der Waals surface area contributed by atoms with E-state index >= 15 is 0 Å². The summed E-state index contributed by atoms with van der Waals surface area (Å²) in [5.74, 6) is 0. The summed E-state index contributed by atoms with van der Waals surface area (Å²) in [4.78, 5) is 4.08. The molecule has 0 unspecified atom stereocenters. The van der Waals surface area contributed by atoms with Crippen molar-refractivity contribution in [2.24, 2.45) is 5.16 Å². The van der Waals surface area contributed by atoms with Crippen LogP contribution in [0.3, 0.4) is 0 Å². The van der Waals surface area contributed by atoms with E-state index in [4.69, 9.17) is 0 Å². The summed E-state index contributed by atoms with van der Waals surface area (Å²) in [7, 11) is 3.00. The minimum atomic E-state index is 0. The van der Waals surface area contributed by atoms with E-state index in [1.807, 2.05) is 0 Å². The molecule has 0 amide bonds. The summed E-state index contributed by atoms with van der Waals surface area (Å²) in [6.07, 6.45) is 0. The molecule has 0 rings (SSSR count). The van der Waals surface area contributed by atoms with Crippen LogP contribution in [0.15, 0.2) is 5.16 Å². The SMILES string of the molecule is [CH2-]O/N=C(/[CH2-])C.[V].[Y]. The van der Waals surface area contributed by atoms with Gasteiger partial charge in [-0.2, -0.15) is 5.16 Å². The van der Waals surface area contributed by atoms with E-state index < -0.39 is 0 Å². The van der Waals surface area contributed by atoms with Gasteiger partial charge < -0.3 is 11.8 Å². The van der Waals surface area contributed by atoms with E-state index in [1.165, 1.54) is 0 Å². The van der Waals surface area contributed by atoms with Gasteiger partial charge in [0.15, 0.2) is 0 Å². The molecule has 0 N–H and O–H groups in total. The average molecular weight is 225 g/mol. The Morgan fingerprint density at radius 3 is 2.00 bits per heavy atom. The van der Waals surface area contributed by atoms with E-state index in [0.29, 0.717) is 5.71 Å². The first-order chi connectivity index (χ1) is 2.77. The van der Waals surface area contributed by atoms with Gasteiger partial charge in [-0.05, 0) is 0 Å². The third-order valence-corrected chi connectivity index (χ3v) is 0.220. The van der Waals surface area contributed by atoms with Crippen LogP contribution in [-0.4, -0.2) is 5.71 Å². The Morgan fingerprint density at radius 1 is 1.62 bits per heavy atom. The molecule has 0 spiro atoms. The Bertz CT molecular complexity index is 63.1. The van der Waals surface area contributed by atoms with Crippen molar-refractivity contribution in [3.8, 4) is 0 Å². The zero-order chi connectivity index (χ0) is 4.99. The standard InChI is InChI=1S/C4H7NO.V.Y/c1-4(2)5-6-3;;/h1,3H2,2H3;;/q-2;;/b5-4-;;. The average Bonchev–Trinajstić information content (AvgIpc) is 1.35. The van der Waals surface area contributed by atoms with Crippen molar-refractivity contribution in [1.29, 1.82) is 0 Å². The summed E-state index contributed by atoms with van der Waals surface area (Å²) in [6.45, 7) is 5.14. The van der Waals surface area contributed by atoms with Gasteiger partial charge in [-0.1, -0.05) is 12.6 Å². The monoisotopic (exact) mass is 225 g/mol. The van der Waals surface area contributed by atoms with Crippen molar-refractivity contribution in [1.82, 2.24) is 0 Å². The van der Waals surface area contributed by atoms with E-state index in [1.54, 1.807) is 6.92 Å². The zero-order valence-electron chi connectivity index (χ0n) is 4.79. The molecule has 0 aromatic carbocycles. The molecule has 0 saturated heterocycles. The normalized spacial score (nSPS) is 8.50. The first-order valence-corrected chi connectivity index (χ1v) is 1.55. The maximum absolute atomic E-state index is 4.08. The molecule has 0 aliphatic rings. The maximum Gasteiger partial charge on any atom is 0 e. The summed E-state index contributed by atoms with van der Waals surface area (Å²) < 4.78 is 0. The van der Waals surface area contributed by atoms with Crippen LogP contribution in [0.2, 0.25) is 0 Å². The van der Waals surface area contributed by atoms with E-state index in [9.17, 15) is 0 Å². The van der Waals surface area contributed by atoms with Gasteiger partial charge in [0, 0.05) is 51.3 Å². The van der Waals surface area contributed by atoms with Gasteiger partial charge >= 0.3 is 0 Å². The van der Waals surface area contributed by atoms with Crippen LogP contribution in [0.4, 0.5) is 0 Å². The molecule has 0 bridgehead atoms. The van der Waals surface area contributed by atoms with Gasteiger partial charge in [0.2, 0.25) is 0 Å². The molecule has 4 heteroatoms. The van der Waals surface area contributed by atoms with Crippen LogP contribution in [-0.2, 0) is 56.1 Å². The van der Waals surface area contributed by atoms with E-state index in [2.05, 4.69) is 24.0 Å². The number of rotatable bonds is 1. The second kappa shape index (κ2) is 10.9. The zero-order valence-corrected chi connectivity index (χ0v) is 9.03. The predicted molar refractivity (Wildman–Crippen MR) is 24.9 cm³/mol. The van der Waals surface area contributed by atoms with Gasteiger partial charge in [0.25, 0.3) is 0 Å². The molecule has 8 heavy (non-hydrogen) atoms. The van der Waals surface area contributed by atoms with Crippen LogP contribution >= 0.6 is 0 Å². The van der Waals surface area contributed by atoms with Crippen LogP contribution in [0, 0.1) is 14.0 Å². The molecule has 0 atom stereocenters. The Kier molecular flexibility index (Phi) is 21.8. The molecule has 0 fully saturated rings. The van der Waals surface area contributed by atoms with Crippen LogP contribution in [0.25, 0.3) is 0 Å². The molecule has 44 valence electrons. The number of oxime groups is 1. The number of nitrogens with zero attached hydrogens (tertiary/aromatic N) is 1. The third-order valence-electron chi connectivity index (χ3n) is 0.220. The Morgan fingerprint density at radius 2 is 2.00 bits per heavy atom. The van der Waals surface area contributed by atoms with Crippen LogP contribution in [0.1, 0.15) is 6.92 Å². The van der Waals surface area contributed by atoms with Crippen molar-refractivity contribution in [3.63, 3.8) is 0 Å². The van der Waals surface area contributed by atoms with Crippen LogP contribution in [0.5, 0.6) is 0 Å². The van der Waals surface area contributed by atoms with Crippen molar-refractivity contribution in [2.75, 3.05) is 0 Å². The first kappa shape index (κ1) is 16.0. The molecule has 2 nitrogen and oxygen atoms in total. The quantitative estimate of drug-likeness (QED) is 0.370. The second-order valence-corrected chi connectivity index (χ2v) is 0.956. The van der Waals surface area contributed by atoms with Gasteiger partial charge in [-0.3, -0.25) is 0 Å². The van der Waals surface area contributed by atoms with E-state index in [0.717, 1.165) is 0 Å². The summed E-state index contributed by atoms with van der Waals surface area (Å²) >= 11 is 0. The Balaban J connectivity index is -0.000000125. The topological polar surface area (TPSA) is 21.6 Å². The number of hydrogen-bond acceptors (Lipinski definition) is 2. The Labute approximate surface area is 87.2 Å². The molecule has 0 aromatic rings. The maximum atomic E-state index is 4.08. The number of hydrogen-bond donors (Lipinski definition) is 0.